The summed E-state index contributed by atoms with van der Waals surface area (Å²) in [5, 5.41) is 4.33. The van der Waals surface area contributed by atoms with E-state index in [-0.39, 0.29) is 16.8 Å². The summed E-state index contributed by atoms with van der Waals surface area (Å²) in [7, 11) is 1.24. The lowest BCUT2D eigenvalue weighted by Crippen LogP contribution is -2.06. The lowest BCUT2D eigenvalue weighted by Gasteiger charge is -2.04. The lowest BCUT2D eigenvalue weighted by atomic mass is 10.1. The molecule has 0 atom stereocenters. The topological polar surface area (TPSA) is 70.1 Å². The van der Waals surface area contributed by atoms with Crippen molar-refractivity contribution in [3.8, 4) is 0 Å². The number of hydrogen-bond donors (Lipinski definition) is 1. The summed E-state index contributed by atoms with van der Waals surface area (Å²) in [5.41, 5.74) is 7.37. The number of carbonyl (C=O) groups excluding carboxylic acids is 1. The largest absolute Gasteiger partial charge is 0.464 e. The zero-order valence-electron chi connectivity index (χ0n) is 11.9. The highest BCUT2D eigenvalue weighted by Gasteiger charge is 2.21. The van der Waals surface area contributed by atoms with Crippen LogP contribution in [0.4, 0.5) is 10.1 Å². The van der Waals surface area contributed by atoms with Gasteiger partial charge < -0.3 is 10.5 Å². The SMILES string of the molecule is COC(=O)c1nn(Cc2ccccc2)c2cc(N)cc(F)c12. The van der Waals surface area contributed by atoms with Crippen molar-refractivity contribution >= 4 is 22.6 Å². The molecule has 6 heteroatoms. The van der Waals surface area contributed by atoms with E-state index in [1.807, 2.05) is 30.3 Å². The van der Waals surface area contributed by atoms with E-state index in [2.05, 4.69) is 9.84 Å². The molecule has 0 radical (unpaired) electrons. The van der Waals surface area contributed by atoms with Crippen LogP contribution in [0.15, 0.2) is 42.5 Å². The number of halogens is 1. The second-order valence-corrected chi connectivity index (χ2v) is 4.88. The Morgan fingerprint density at radius 2 is 2.05 bits per heavy atom. The summed E-state index contributed by atoms with van der Waals surface area (Å²) in [6.45, 7) is 0.400. The molecule has 0 amide bonds. The second-order valence-electron chi connectivity index (χ2n) is 4.88. The van der Waals surface area contributed by atoms with E-state index in [0.717, 1.165) is 5.56 Å². The third kappa shape index (κ3) is 2.39. The van der Waals surface area contributed by atoms with Crippen LogP contribution < -0.4 is 5.73 Å². The molecule has 0 bridgehead atoms. The number of rotatable bonds is 3. The number of anilines is 1. The van der Waals surface area contributed by atoms with Gasteiger partial charge in [-0.2, -0.15) is 5.10 Å². The average molecular weight is 299 g/mol. The quantitative estimate of drug-likeness (QED) is 0.596. The molecule has 0 saturated carbocycles. The van der Waals surface area contributed by atoms with Crippen LogP contribution in [0.2, 0.25) is 0 Å². The van der Waals surface area contributed by atoms with Gasteiger partial charge in [0.15, 0.2) is 5.69 Å². The fraction of sp³-hybridized carbons (Fsp3) is 0.125. The van der Waals surface area contributed by atoms with E-state index >= 15 is 0 Å². The Hall–Kier alpha value is -2.89. The van der Waals surface area contributed by atoms with Crippen LogP contribution in [0, 0.1) is 5.82 Å². The van der Waals surface area contributed by atoms with Crippen LogP contribution >= 0.6 is 0 Å². The predicted molar refractivity (Wildman–Crippen MR) is 81.0 cm³/mol. The van der Waals surface area contributed by atoms with Gasteiger partial charge in [0.25, 0.3) is 0 Å². The Morgan fingerprint density at radius 3 is 2.73 bits per heavy atom. The van der Waals surface area contributed by atoms with E-state index in [1.54, 1.807) is 10.7 Å². The lowest BCUT2D eigenvalue weighted by molar-refractivity contribution is 0.0595. The zero-order valence-corrected chi connectivity index (χ0v) is 11.9. The molecule has 0 spiro atoms. The average Bonchev–Trinajstić information content (AvgIpc) is 2.86. The third-order valence-electron chi connectivity index (χ3n) is 3.38. The van der Waals surface area contributed by atoms with Crippen LogP contribution in [0.25, 0.3) is 10.9 Å². The van der Waals surface area contributed by atoms with Gasteiger partial charge in [-0.25, -0.2) is 9.18 Å². The highest BCUT2D eigenvalue weighted by atomic mass is 19.1. The van der Waals surface area contributed by atoms with Crippen LogP contribution in [0.1, 0.15) is 16.1 Å². The number of nitrogens with zero attached hydrogens (tertiary/aromatic N) is 2. The molecular weight excluding hydrogens is 285 g/mol. The summed E-state index contributed by atoms with van der Waals surface area (Å²) in [5.74, 6) is -1.27. The van der Waals surface area contributed by atoms with E-state index in [1.165, 1.54) is 13.2 Å². The van der Waals surface area contributed by atoms with Gasteiger partial charge in [0, 0.05) is 5.69 Å². The van der Waals surface area contributed by atoms with Crippen LogP contribution in [-0.4, -0.2) is 22.9 Å². The molecule has 5 nitrogen and oxygen atoms in total. The highest BCUT2D eigenvalue weighted by molar-refractivity contribution is 6.03. The minimum Gasteiger partial charge on any atom is -0.464 e. The number of benzene rings is 2. The third-order valence-corrected chi connectivity index (χ3v) is 3.38. The monoisotopic (exact) mass is 299 g/mol. The van der Waals surface area contributed by atoms with Crippen molar-refractivity contribution < 1.29 is 13.9 Å². The van der Waals surface area contributed by atoms with E-state index in [0.29, 0.717) is 12.1 Å². The van der Waals surface area contributed by atoms with Crippen molar-refractivity contribution in [2.24, 2.45) is 0 Å². The zero-order chi connectivity index (χ0) is 15.7. The first kappa shape index (κ1) is 14.1. The smallest absolute Gasteiger partial charge is 0.359 e. The minimum atomic E-state index is -0.680. The number of fused-ring (bicyclic) bond motifs is 1. The highest BCUT2D eigenvalue weighted by Crippen LogP contribution is 2.26. The number of methoxy groups -OCH3 is 1. The molecule has 112 valence electrons. The standard InChI is InChI=1S/C16H14FN3O2/c1-22-16(21)15-14-12(17)7-11(18)8-13(14)20(19-15)9-10-5-3-2-4-6-10/h2-8H,9,18H2,1H3. The van der Waals surface area contributed by atoms with Crippen molar-refractivity contribution in [1.29, 1.82) is 0 Å². The summed E-state index contributed by atoms with van der Waals surface area (Å²) in [6.07, 6.45) is 0. The van der Waals surface area contributed by atoms with Crippen molar-refractivity contribution in [3.63, 3.8) is 0 Å². The molecule has 0 unspecified atom stereocenters. The Morgan fingerprint density at radius 1 is 1.32 bits per heavy atom. The van der Waals surface area contributed by atoms with Gasteiger partial charge in [0.05, 0.1) is 24.6 Å². The van der Waals surface area contributed by atoms with Crippen molar-refractivity contribution in [1.82, 2.24) is 9.78 Å². The van der Waals surface area contributed by atoms with Gasteiger partial charge in [-0.3, -0.25) is 4.68 Å². The van der Waals surface area contributed by atoms with Gasteiger partial charge in [-0.05, 0) is 17.7 Å². The number of nitrogens with two attached hydrogens (primary N) is 1. The van der Waals surface area contributed by atoms with Gasteiger partial charge in [0.1, 0.15) is 5.82 Å². The molecule has 1 heterocycles. The molecule has 0 aliphatic heterocycles. The van der Waals surface area contributed by atoms with Gasteiger partial charge in [-0.15, -0.1) is 0 Å². The maximum absolute atomic E-state index is 14.2. The molecule has 3 rings (SSSR count). The minimum absolute atomic E-state index is 0.0501. The second kappa shape index (κ2) is 5.48. The van der Waals surface area contributed by atoms with Crippen LogP contribution in [-0.2, 0) is 11.3 Å². The summed E-state index contributed by atoms with van der Waals surface area (Å²) in [4.78, 5) is 11.8. The molecule has 2 N–H and O–H groups in total. The molecule has 1 aromatic heterocycles. The fourth-order valence-electron chi connectivity index (χ4n) is 2.39. The van der Waals surface area contributed by atoms with Crippen LogP contribution in [0.5, 0.6) is 0 Å². The molecule has 0 saturated heterocycles. The van der Waals surface area contributed by atoms with Crippen molar-refractivity contribution in [2.45, 2.75) is 6.54 Å². The van der Waals surface area contributed by atoms with E-state index in [4.69, 9.17) is 5.73 Å². The number of carbonyl (C=O) groups is 1. The first-order chi connectivity index (χ1) is 10.6. The van der Waals surface area contributed by atoms with Gasteiger partial charge in [-0.1, -0.05) is 30.3 Å². The first-order valence-corrected chi connectivity index (χ1v) is 6.68. The molecule has 0 fully saturated rings. The van der Waals surface area contributed by atoms with Gasteiger partial charge in [0.2, 0.25) is 0 Å². The van der Waals surface area contributed by atoms with Gasteiger partial charge >= 0.3 is 5.97 Å². The number of aromatic nitrogens is 2. The van der Waals surface area contributed by atoms with E-state index in [9.17, 15) is 9.18 Å². The number of nitrogen functional groups attached to an aromatic ring is 1. The predicted octanol–water partition coefficient (Wildman–Crippen LogP) is 2.59. The van der Waals surface area contributed by atoms with Crippen LogP contribution in [0.3, 0.4) is 0 Å². The first-order valence-electron chi connectivity index (χ1n) is 6.68. The van der Waals surface area contributed by atoms with E-state index < -0.39 is 11.8 Å². The summed E-state index contributed by atoms with van der Waals surface area (Å²) in [6, 6.07) is 12.3. The molecule has 2 aromatic carbocycles. The molecule has 22 heavy (non-hydrogen) atoms. The molecular formula is C16H14FN3O2. The molecule has 3 aromatic rings. The fourth-order valence-corrected chi connectivity index (χ4v) is 2.39. The normalized spacial score (nSPS) is 10.8. The number of hydrogen-bond acceptors (Lipinski definition) is 4. The molecule has 0 aliphatic rings. The summed E-state index contributed by atoms with van der Waals surface area (Å²) >= 11 is 0. The Labute approximate surface area is 126 Å². The maximum atomic E-state index is 14.2. The number of ether oxygens (including phenoxy) is 1. The van der Waals surface area contributed by atoms with Crippen molar-refractivity contribution in [3.05, 3.63) is 59.5 Å². The number of esters is 1. The summed E-state index contributed by atoms with van der Waals surface area (Å²) < 4.78 is 20.4. The maximum Gasteiger partial charge on any atom is 0.359 e. The Balaban J connectivity index is 2.20. The van der Waals surface area contributed by atoms with Crippen molar-refractivity contribution in [2.75, 3.05) is 12.8 Å². The Kier molecular flexibility index (Phi) is 3.50. The molecule has 0 aliphatic carbocycles. The Bertz CT molecular complexity index is 843.